The van der Waals surface area contributed by atoms with Gasteiger partial charge in [-0.25, -0.2) is 4.98 Å². The van der Waals surface area contributed by atoms with E-state index in [0.29, 0.717) is 18.5 Å². The zero-order chi connectivity index (χ0) is 12.0. The molecule has 0 spiro atoms. The van der Waals surface area contributed by atoms with Crippen LogP contribution < -0.4 is 10.1 Å². The fourth-order valence-electron chi connectivity index (χ4n) is 1.07. The largest absolute Gasteiger partial charge is 0.506 e. The number of aliphatic hydroxyl groups excluding tert-OH is 1. The Bertz CT molecular complexity index is 301. The molecule has 1 heterocycles. The van der Waals surface area contributed by atoms with Gasteiger partial charge in [-0.15, -0.1) is 0 Å². The van der Waals surface area contributed by atoms with Crippen molar-refractivity contribution >= 4 is 0 Å². The third-order valence-corrected chi connectivity index (χ3v) is 1.91. The zero-order valence-corrected chi connectivity index (χ0v) is 9.55. The normalized spacial score (nSPS) is 12.8. The predicted molar refractivity (Wildman–Crippen MR) is 60.5 cm³/mol. The van der Waals surface area contributed by atoms with E-state index in [1.165, 1.54) is 12.3 Å². The molecule has 0 aliphatic heterocycles. The molecule has 1 unspecified atom stereocenters. The number of hydrogen-bond donors (Lipinski definition) is 3. The molecule has 1 aromatic heterocycles. The highest BCUT2D eigenvalue weighted by Crippen LogP contribution is 2.11. The molecule has 0 saturated heterocycles. The maximum absolute atomic E-state index is 9.55. The average molecular weight is 226 g/mol. The van der Waals surface area contributed by atoms with Gasteiger partial charge in [-0.3, -0.25) is 0 Å². The molecule has 5 nitrogen and oxygen atoms in total. The Labute approximate surface area is 95.1 Å². The van der Waals surface area contributed by atoms with Gasteiger partial charge in [0.1, 0.15) is 18.5 Å². The number of aromatic hydroxyl groups is 1. The highest BCUT2D eigenvalue weighted by Gasteiger charge is 2.06. The molecule has 90 valence electrons. The minimum atomic E-state index is -0.571. The van der Waals surface area contributed by atoms with Gasteiger partial charge in [-0.1, -0.05) is 13.8 Å². The number of nitrogens with one attached hydrogen (secondary N) is 1. The van der Waals surface area contributed by atoms with Crippen molar-refractivity contribution in [2.45, 2.75) is 26.0 Å². The van der Waals surface area contributed by atoms with Gasteiger partial charge in [0.2, 0.25) is 5.88 Å². The van der Waals surface area contributed by atoms with Crippen LogP contribution in [0.25, 0.3) is 0 Å². The van der Waals surface area contributed by atoms with Crippen molar-refractivity contribution in [1.82, 2.24) is 10.3 Å². The molecule has 3 N–H and O–H groups in total. The SMILES string of the molecule is CC(C)NCC(O)COc1ccc(O)cn1. The van der Waals surface area contributed by atoms with Crippen LogP contribution in [0.3, 0.4) is 0 Å². The van der Waals surface area contributed by atoms with Gasteiger partial charge < -0.3 is 20.3 Å². The van der Waals surface area contributed by atoms with Gasteiger partial charge in [0.15, 0.2) is 0 Å². The monoisotopic (exact) mass is 226 g/mol. The van der Waals surface area contributed by atoms with E-state index < -0.39 is 6.10 Å². The van der Waals surface area contributed by atoms with E-state index in [4.69, 9.17) is 9.84 Å². The molecule has 0 aromatic carbocycles. The molecule has 5 heteroatoms. The topological polar surface area (TPSA) is 74.6 Å². The Morgan fingerprint density at radius 2 is 2.19 bits per heavy atom. The first-order valence-corrected chi connectivity index (χ1v) is 5.27. The van der Waals surface area contributed by atoms with Gasteiger partial charge in [0.25, 0.3) is 0 Å². The summed E-state index contributed by atoms with van der Waals surface area (Å²) in [4.78, 5) is 3.84. The van der Waals surface area contributed by atoms with Crippen LogP contribution in [0.1, 0.15) is 13.8 Å². The lowest BCUT2D eigenvalue weighted by Gasteiger charge is -2.14. The maximum Gasteiger partial charge on any atom is 0.213 e. The summed E-state index contributed by atoms with van der Waals surface area (Å²) in [5.41, 5.74) is 0. The Kier molecular flexibility index (Phi) is 5.01. The Morgan fingerprint density at radius 1 is 1.44 bits per heavy atom. The van der Waals surface area contributed by atoms with E-state index in [9.17, 15) is 5.11 Å². The number of nitrogens with zero attached hydrogens (tertiary/aromatic N) is 1. The third-order valence-electron chi connectivity index (χ3n) is 1.91. The molecule has 1 aromatic rings. The quantitative estimate of drug-likeness (QED) is 0.659. The highest BCUT2D eigenvalue weighted by atomic mass is 16.5. The summed E-state index contributed by atoms with van der Waals surface area (Å²) in [7, 11) is 0. The van der Waals surface area contributed by atoms with Crippen molar-refractivity contribution in [2.75, 3.05) is 13.2 Å². The summed E-state index contributed by atoms with van der Waals surface area (Å²) < 4.78 is 5.24. The molecule has 16 heavy (non-hydrogen) atoms. The third kappa shape index (κ3) is 4.95. The van der Waals surface area contributed by atoms with Crippen LogP contribution in [0.5, 0.6) is 11.6 Å². The van der Waals surface area contributed by atoms with Crippen molar-refractivity contribution in [3.8, 4) is 11.6 Å². The van der Waals surface area contributed by atoms with Crippen molar-refractivity contribution in [3.63, 3.8) is 0 Å². The standard InChI is InChI=1S/C11H18N2O3/c1-8(2)12-6-10(15)7-16-11-4-3-9(14)5-13-11/h3-5,8,10,12,14-15H,6-7H2,1-2H3. The van der Waals surface area contributed by atoms with Crippen LogP contribution in [-0.4, -0.2) is 40.5 Å². The summed E-state index contributed by atoms with van der Waals surface area (Å²) >= 11 is 0. The average Bonchev–Trinajstić information content (AvgIpc) is 2.25. The molecule has 0 bridgehead atoms. The van der Waals surface area contributed by atoms with Crippen molar-refractivity contribution in [1.29, 1.82) is 0 Å². The molecular weight excluding hydrogens is 208 g/mol. The van der Waals surface area contributed by atoms with E-state index in [2.05, 4.69) is 10.3 Å². The van der Waals surface area contributed by atoms with Crippen LogP contribution in [0.2, 0.25) is 0 Å². The van der Waals surface area contributed by atoms with Crippen LogP contribution >= 0.6 is 0 Å². The molecule has 0 saturated carbocycles. The predicted octanol–water partition coefficient (Wildman–Crippen LogP) is 0.525. The van der Waals surface area contributed by atoms with E-state index in [-0.39, 0.29) is 12.4 Å². The van der Waals surface area contributed by atoms with Crippen LogP contribution in [-0.2, 0) is 0 Å². The van der Waals surface area contributed by atoms with E-state index in [0.717, 1.165) is 0 Å². The van der Waals surface area contributed by atoms with Gasteiger partial charge >= 0.3 is 0 Å². The number of pyridine rings is 1. The molecule has 0 aliphatic carbocycles. The second kappa shape index (κ2) is 6.30. The maximum atomic E-state index is 9.55. The second-order valence-electron chi connectivity index (χ2n) is 3.88. The summed E-state index contributed by atoms with van der Waals surface area (Å²) in [5.74, 6) is 0.482. The van der Waals surface area contributed by atoms with Gasteiger partial charge in [-0.05, 0) is 6.07 Å². The molecule has 0 amide bonds. The summed E-state index contributed by atoms with van der Waals surface area (Å²) in [6.07, 6.45) is 0.728. The van der Waals surface area contributed by atoms with Crippen molar-refractivity contribution in [3.05, 3.63) is 18.3 Å². The van der Waals surface area contributed by atoms with Gasteiger partial charge in [0.05, 0.1) is 6.20 Å². The van der Waals surface area contributed by atoms with Crippen molar-refractivity contribution < 1.29 is 14.9 Å². The molecular formula is C11H18N2O3. The lowest BCUT2D eigenvalue weighted by atomic mass is 10.3. The molecule has 1 rings (SSSR count). The number of rotatable bonds is 6. The first kappa shape index (κ1) is 12.7. The number of ether oxygens (including phenoxy) is 1. The molecule has 1 atom stereocenters. The van der Waals surface area contributed by atoms with Crippen LogP contribution in [0.15, 0.2) is 18.3 Å². The lowest BCUT2D eigenvalue weighted by molar-refractivity contribution is 0.102. The first-order valence-electron chi connectivity index (χ1n) is 5.27. The Balaban J connectivity index is 2.26. The smallest absolute Gasteiger partial charge is 0.213 e. The summed E-state index contributed by atoms with van der Waals surface area (Å²) in [5, 5.41) is 21.7. The van der Waals surface area contributed by atoms with Crippen molar-refractivity contribution in [2.24, 2.45) is 0 Å². The highest BCUT2D eigenvalue weighted by molar-refractivity contribution is 5.21. The lowest BCUT2D eigenvalue weighted by Crippen LogP contribution is -2.35. The Hall–Kier alpha value is -1.33. The van der Waals surface area contributed by atoms with Crippen LogP contribution in [0.4, 0.5) is 0 Å². The number of aromatic nitrogens is 1. The zero-order valence-electron chi connectivity index (χ0n) is 9.55. The van der Waals surface area contributed by atoms with Gasteiger partial charge in [-0.2, -0.15) is 0 Å². The fraction of sp³-hybridized carbons (Fsp3) is 0.545. The van der Waals surface area contributed by atoms with E-state index in [1.807, 2.05) is 13.8 Å². The van der Waals surface area contributed by atoms with E-state index >= 15 is 0 Å². The minimum Gasteiger partial charge on any atom is -0.506 e. The minimum absolute atomic E-state index is 0.0920. The number of hydrogen-bond acceptors (Lipinski definition) is 5. The molecule has 0 fully saturated rings. The van der Waals surface area contributed by atoms with Gasteiger partial charge in [0, 0.05) is 18.7 Å². The first-order chi connectivity index (χ1) is 7.58. The Morgan fingerprint density at radius 3 is 2.75 bits per heavy atom. The summed E-state index contributed by atoms with van der Waals surface area (Å²) in [6, 6.07) is 3.38. The number of aliphatic hydroxyl groups is 1. The molecule has 0 aliphatic rings. The molecule has 0 radical (unpaired) electrons. The fourth-order valence-corrected chi connectivity index (χ4v) is 1.07. The second-order valence-corrected chi connectivity index (χ2v) is 3.88. The summed E-state index contributed by atoms with van der Waals surface area (Å²) in [6.45, 7) is 4.68. The van der Waals surface area contributed by atoms with E-state index in [1.54, 1.807) is 6.07 Å². The van der Waals surface area contributed by atoms with Crippen LogP contribution in [0, 0.1) is 0 Å².